The van der Waals surface area contributed by atoms with Gasteiger partial charge in [-0.05, 0) is 12.1 Å². The van der Waals surface area contributed by atoms with E-state index in [4.69, 9.17) is 4.74 Å². The normalized spacial score (nSPS) is 15.3. The predicted octanol–water partition coefficient (Wildman–Crippen LogP) is 2.02. The lowest BCUT2D eigenvalue weighted by atomic mass is 10.1. The van der Waals surface area contributed by atoms with Gasteiger partial charge in [0, 0.05) is 17.3 Å². The number of esters is 1. The Kier molecular flexibility index (Phi) is 1.42. The molecule has 2 heterocycles. The molecule has 0 aliphatic carbocycles. The molecule has 0 atom stereocenters. The highest BCUT2D eigenvalue weighted by Gasteiger charge is 2.21. The van der Waals surface area contributed by atoms with Crippen molar-refractivity contribution in [2.24, 2.45) is 0 Å². The molecule has 1 aliphatic heterocycles. The van der Waals surface area contributed by atoms with Gasteiger partial charge in [-0.3, -0.25) is 4.79 Å². The molecule has 0 spiro atoms. The largest absolute Gasteiger partial charge is 0.424 e. The van der Waals surface area contributed by atoms with Crippen LogP contribution in [0.3, 0.4) is 0 Å². The van der Waals surface area contributed by atoms with Gasteiger partial charge in [-0.15, -0.1) is 0 Å². The Hall–Kier alpha value is -1.77. The molecule has 2 aromatic rings. The van der Waals surface area contributed by atoms with E-state index >= 15 is 0 Å². The minimum atomic E-state index is -0.137. The number of carbonyl (C=O) groups excluding carboxylic acids is 1. The van der Waals surface area contributed by atoms with Crippen molar-refractivity contribution < 1.29 is 9.53 Å². The van der Waals surface area contributed by atoms with Crippen LogP contribution in [0.5, 0.6) is 5.75 Å². The number of rotatable bonds is 0. The second kappa shape index (κ2) is 2.61. The molecule has 0 saturated heterocycles. The van der Waals surface area contributed by atoms with Crippen molar-refractivity contribution >= 4 is 16.9 Å². The summed E-state index contributed by atoms with van der Waals surface area (Å²) in [5, 5.41) is 0.996. The van der Waals surface area contributed by atoms with E-state index in [1.54, 1.807) is 0 Å². The first kappa shape index (κ1) is 7.62. The Bertz CT molecular complexity index is 513. The Morgan fingerprint density at radius 1 is 1.21 bits per heavy atom. The Balaban J connectivity index is 2.30. The first-order chi connectivity index (χ1) is 6.84. The quantitative estimate of drug-likeness (QED) is 0.641. The molecule has 0 bridgehead atoms. The number of benzene rings is 1. The third-order valence-electron chi connectivity index (χ3n) is 2.53. The van der Waals surface area contributed by atoms with Gasteiger partial charge < -0.3 is 9.72 Å². The SMILES string of the molecule is O=C1CCc2[nH]c3ccccc3c2O1. The van der Waals surface area contributed by atoms with E-state index in [1.165, 1.54) is 0 Å². The highest BCUT2D eigenvalue weighted by Crippen LogP contribution is 2.33. The van der Waals surface area contributed by atoms with Crippen LogP contribution < -0.4 is 4.74 Å². The fourth-order valence-electron chi connectivity index (χ4n) is 1.86. The summed E-state index contributed by atoms with van der Waals surface area (Å²) in [7, 11) is 0. The zero-order chi connectivity index (χ0) is 9.54. The van der Waals surface area contributed by atoms with Gasteiger partial charge in [-0.1, -0.05) is 12.1 Å². The first-order valence-corrected chi connectivity index (χ1v) is 4.65. The lowest BCUT2D eigenvalue weighted by Crippen LogP contribution is -2.14. The van der Waals surface area contributed by atoms with Gasteiger partial charge in [0.15, 0.2) is 5.75 Å². The van der Waals surface area contributed by atoms with Crippen molar-refractivity contribution in [3.8, 4) is 5.75 Å². The van der Waals surface area contributed by atoms with Crippen LogP contribution in [0.2, 0.25) is 0 Å². The van der Waals surface area contributed by atoms with Gasteiger partial charge in [0.25, 0.3) is 0 Å². The van der Waals surface area contributed by atoms with Crippen LogP contribution >= 0.6 is 0 Å². The first-order valence-electron chi connectivity index (χ1n) is 4.65. The van der Waals surface area contributed by atoms with Gasteiger partial charge in [0.05, 0.1) is 12.1 Å². The molecule has 70 valence electrons. The van der Waals surface area contributed by atoms with Crippen molar-refractivity contribution in [3.05, 3.63) is 30.0 Å². The topological polar surface area (TPSA) is 42.1 Å². The number of carbonyl (C=O) groups is 1. The summed E-state index contributed by atoms with van der Waals surface area (Å²) in [6.45, 7) is 0. The molecule has 1 aromatic carbocycles. The van der Waals surface area contributed by atoms with Crippen LogP contribution in [0, 0.1) is 0 Å². The monoisotopic (exact) mass is 187 g/mol. The van der Waals surface area contributed by atoms with Crippen LogP contribution in [0.15, 0.2) is 24.3 Å². The number of aryl methyl sites for hydroxylation is 1. The summed E-state index contributed by atoms with van der Waals surface area (Å²) in [5.74, 6) is 0.583. The standard InChI is InChI=1S/C11H9NO2/c13-10-6-5-9-11(14-10)7-3-1-2-4-8(7)12-9/h1-4,12H,5-6H2. The number of fused-ring (bicyclic) bond motifs is 3. The van der Waals surface area contributed by atoms with E-state index in [9.17, 15) is 4.79 Å². The van der Waals surface area contributed by atoms with Gasteiger partial charge in [-0.2, -0.15) is 0 Å². The number of para-hydroxylation sites is 1. The molecule has 1 N–H and O–H groups in total. The van der Waals surface area contributed by atoms with Gasteiger partial charge >= 0.3 is 5.97 Å². The highest BCUT2D eigenvalue weighted by atomic mass is 16.5. The van der Waals surface area contributed by atoms with E-state index < -0.39 is 0 Å². The summed E-state index contributed by atoms with van der Waals surface area (Å²) >= 11 is 0. The molecule has 3 nitrogen and oxygen atoms in total. The average Bonchev–Trinajstić information content (AvgIpc) is 2.56. The van der Waals surface area contributed by atoms with E-state index in [-0.39, 0.29) is 5.97 Å². The van der Waals surface area contributed by atoms with Crippen molar-refractivity contribution in [1.29, 1.82) is 0 Å². The van der Waals surface area contributed by atoms with Gasteiger partial charge in [0.2, 0.25) is 0 Å². The molecule has 0 amide bonds. The number of nitrogens with one attached hydrogen (secondary N) is 1. The zero-order valence-corrected chi connectivity index (χ0v) is 7.54. The molecule has 14 heavy (non-hydrogen) atoms. The van der Waals surface area contributed by atoms with Crippen LogP contribution in [0.4, 0.5) is 0 Å². The second-order valence-corrected chi connectivity index (χ2v) is 3.45. The molecule has 3 heteroatoms. The van der Waals surface area contributed by atoms with E-state index in [1.807, 2.05) is 24.3 Å². The van der Waals surface area contributed by atoms with E-state index in [0.717, 1.165) is 28.8 Å². The number of ether oxygens (including phenoxy) is 1. The molecule has 0 fully saturated rings. The Morgan fingerprint density at radius 2 is 2.07 bits per heavy atom. The maximum Gasteiger partial charge on any atom is 0.311 e. The number of hydrogen-bond donors (Lipinski definition) is 1. The van der Waals surface area contributed by atoms with Gasteiger partial charge in [0.1, 0.15) is 0 Å². The van der Waals surface area contributed by atoms with Crippen molar-refractivity contribution in [2.45, 2.75) is 12.8 Å². The molecular formula is C11H9NO2. The molecule has 1 aromatic heterocycles. The highest BCUT2D eigenvalue weighted by molar-refractivity contribution is 5.91. The maximum atomic E-state index is 11.1. The lowest BCUT2D eigenvalue weighted by molar-refractivity contribution is -0.135. The van der Waals surface area contributed by atoms with Crippen LogP contribution in [0.1, 0.15) is 12.1 Å². The Morgan fingerprint density at radius 3 is 3.00 bits per heavy atom. The van der Waals surface area contributed by atoms with E-state index in [0.29, 0.717) is 6.42 Å². The minimum Gasteiger partial charge on any atom is -0.424 e. The third kappa shape index (κ3) is 0.954. The minimum absolute atomic E-state index is 0.137. The zero-order valence-electron chi connectivity index (χ0n) is 7.54. The van der Waals surface area contributed by atoms with Gasteiger partial charge in [-0.25, -0.2) is 0 Å². The van der Waals surface area contributed by atoms with E-state index in [2.05, 4.69) is 4.98 Å². The molecular weight excluding hydrogens is 178 g/mol. The molecule has 0 unspecified atom stereocenters. The molecule has 3 rings (SSSR count). The number of aromatic amines is 1. The van der Waals surface area contributed by atoms with Crippen molar-refractivity contribution in [2.75, 3.05) is 0 Å². The summed E-state index contributed by atoms with van der Waals surface area (Å²) in [6, 6.07) is 7.86. The average molecular weight is 187 g/mol. The third-order valence-corrected chi connectivity index (χ3v) is 2.53. The lowest BCUT2D eigenvalue weighted by Gasteiger charge is -2.10. The number of aromatic nitrogens is 1. The fraction of sp³-hybridized carbons (Fsp3) is 0.182. The fourth-order valence-corrected chi connectivity index (χ4v) is 1.86. The number of hydrogen-bond acceptors (Lipinski definition) is 2. The maximum absolute atomic E-state index is 11.1. The van der Waals surface area contributed by atoms with Crippen molar-refractivity contribution in [1.82, 2.24) is 4.98 Å². The number of H-pyrrole nitrogens is 1. The van der Waals surface area contributed by atoms with Crippen molar-refractivity contribution in [3.63, 3.8) is 0 Å². The van der Waals surface area contributed by atoms with Crippen LogP contribution in [-0.4, -0.2) is 11.0 Å². The Labute approximate surface area is 80.7 Å². The molecule has 1 aliphatic rings. The molecule has 0 radical (unpaired) electrons. The summed E-state index contributed by atoms with van der Waals surface area (Å²) < 4.78 is 5.21. The molecule has 0 saturated carbocycles. The smallest absolute Gasteiger partial charge is 0.311 e. The van der Waals surface area contributed by atoms with Crippen LogP contribution in [0.25, 0.3) is 10.9 Å². The van der Waals surface area contributed by atoms with Crippen LogP contribution in [-0.2, 0) is 11.2 Å². The summed E-state index contributed by atoms with van der Waals surface area (Å²) in [4.78, 5) is 14.4. The summed E-state index contributed by atoms with van der Waals surface area (Å²) in [5.41, 5.74) is 2.07. The predicted molar refractivity (Wildman–Crippen MR) is 52.3 cm³/mol. The summed E-state index contributed by atoms with van der Waals surface area (Å²) in [6.07, 6.45) is 1.22. The second-order valence-electron chi connectivity index (χ2n) is 3.45.